The monoisotopic (exact) mass is 486 g/mol. The first-order valence-corrected chi connectivity index (χ1v) is 11.5. The summed E-state index contributed by atoms with van der Waals surface area (Å²) < 4.78 is 9.19. The summed E-state index contributed by atoms with van der Waals surface area (Å²) in [6.45, 7) is 6.71. The molecule has 0 unspecified atom stereocenters. The average Bonchev–Trinajstić information content (AvgIpc) is 3.16. The van der Waals surface area contributed by atoms with Gasteiger partial charge in [-0.05, 0) is 62.2 Å². The van der Waals surface area contributed by atoms with Gasteiger partial charge in [0.05, 0.1) is 16.5 Å². The fraction of sp³-hybridized carbons (Fsp3) is 0.148. The van der Waals surface area contributed by atoms with Crippen molar-refractivity contribution < 1.29 is 4.42 Å². The van der Waals surface area contributed by atoms with Crippen LogP contribution in [0.1, 0.15) is 18.1 Å². The van der Waals surface area contributed by atoms with Crippen molar-refractivity contribution in [3.63, 3.8) is 0 Å². The van der Waals surface area contributed by atoms with Gasteiger partial charge in [0.25, 0.3) is 5.56 Å². The van der Waals surface area contributed by atoms with Gasteiger partial charge in [-0.1, -0.05) is 57.9 Å². The normalized spacial score (nSPS) is 11.4. The number of pyridine rings is 1. The minimum Gasteiger partial charge on any atom is -0.439 e. The molecule has 0 saturated heterocycles. The van der Waals surface area contributed by atoms with Crippen LogP contribution in [-0.2, 0) is 6.54 Å². The molecule has 0 aliphatic carbocycles. The van der Waals surface area contributed by atoms with Gasteiger partial charge in [-0.3, -0.25) is 4.79 Å². The second-order valence-electron chi connectivity index (χ2n) is 8.03. The summed E-state index contributed by atoms with van der Waals surface area (Å²) in [6.07, 6.45) is 0. The van der Waals surface area contributed by atoms with E-state index >= 15 is 0 Å². The number of rotatable bonds is 4. The molecule has 0 amide bonds. The lowest BCUT2D eigenvalue weighted by Gasteiger charge is -2.11. The molecule has 2 aromatic heterocycles. The van der Waals surface area contributed by atoms with Crippen molar-refractivity contribution in [2.75, 3.05) is 5.32 Å². The molecule has 0 aliphatic heterocycles. The Bertz CT molecular complexity index is 1550. The molecular formula is C27H23BrN2O2. The molecule has 0 bridgehead atoms. The number of aryl methyl sites for hydroxylation is 3. The van der Waals surface area contributed by atoms with E-state index in [1.807, 2.05) is 66.1 Å². The molecule has 0 spiro atoms. The molecule has 5 rings (SSSR count). The molecule has 32 heavy (non-hydrogen) atoms. The minimum absolute atomic E-state index is 0.0476. The number of para-hydroxylation sites is 1. The van der Waals surface area contributed by atoms with Crippen LogP contribution in [0.3, 0.4) is 0 Å². The summed E-state index contributed by atoms with van der Waals surface area (Å²) >= 11 is 3.57. The highest BCUT2D eigenvalue weighted by Gasteiger charge is 2.23. The number of hydrogen-bond acceptors (Lipinski definition) is 3. The third kappa shape index (κ3) is 3.33. The van der Waals surface area contributed by atoms with E-state index in [0.717, 1.165) is 37.8 Å². The summed E-state index contributed by atoms with van der Waals surface area (Å²) in [6, 6.07) is 22.1. The van der Waals surface area contributed by atoms with Gasteiger partial charge in [-0.25, -0.2) is 0 Å². The Morgan fingerprint density at radius 3 is 2.56 bits per heavy atom. The first kappa shape index (κ1) is 20.6. The van der Waals surface area contributed by atoms with Crippen LogP contribution in [0, 0.1) is 13.8 Å². The number of halogens is 1. The molecule has 1 N–H and O–H groups in total. The van der Waals surface area contributed by atoms with Gasteiger partial charge < -0.3 is 14.3 Å². The van der Waals surface area contributed by atoms with E-state index in [4.69, 9.17) is 4.42 Å². The predicted octanol–water partition coefficient (Wildman–Crippen LogP) is 7.56. The molecule has 0 atom stereocenters. The fourth-order valence-corrected chi connectivity index (χ4v) is 4.77. The number of anilines is 2. The van der Waals surface area contributed by atoms with Gasteiger partial charge in [0, 0.05) is 22.1 Å². The number of nitrogens with zero attached hydrogens (tertiary/aromatic N) is 1. The van der Waals surface area contributed by atoms with E-state index in [9.17, 15) is 4.79 Å². The predicted molar refractivity (Wildman–Crippen MR) is 136 cm³/mol. The Balaban J connectivity index is 1.89. The minimum atomic E-state index is -0.0476. The second-order valence-corrected chi connectivity index (χ2v) is 8.95. The van der Waals surface area contributed by atoms with Gasteiger partial charge in [0.2, 0.25) is 5.88 Å². The third-order valence-electron chi connectivity index (χ3n) is 5.87. The lowest BCUT2D eigenvalue weighted by molar-refractivity contribution is 0.637. The molecule has 160 valence electrons. The molecular weight excluding hydrogens is 464 g/mol. The third-order valence-corrected chi connectivity index (χ3v) is 6.36. The maximum Gasteiger partial charge on any atom is 0.262 e. The first-order valence-electron chi connectivity index (χ1n) is 10.7. The molecule has 0 saturated carbocycles. The molecule has 0 fully saturated rings. The largest absolute Gasteiger partial charge is 0.439 e. The van der Waals surface area contributed by atoms with E-state index < -0.39 is 0 Å². The SMILES string of the molecule is CCn1c(=O)c2c(-c3cccc(Br)c3)c(Nc3ccc(C)cc3C)oc2c2ccccc21. The van der Waals surface area contributed by atoms with Crippen LogP contribution in [0.5, 0.6) is 0 Å². The number of nitrogens with one attached hydrogen (secondary N) is 1. The second kappa shape index (κ2) is 7.99. The Morgan fingerprint density at radius 2 is 1.81 bits per heavy atom. The maximum atomic E-state index is 13.7. The Kier molecular flexibility index (Phi) is 5.14. The van der Waals surface area contributed by atoms with Gasteiger partial charge in [0.15, 0.2) is 5.58 Å². The number of hydrogen-bond donors (Lipinski definition) is 1. The van der Waals surface area contributed by atoms with E-state index in [1.54, 1.807) is 0 Å². The van der Waals surface area contributed by atoms with Crippen molar-refractivity contribution in [2.24, 2.45) is 0 Å². The highest BCUT2D eigenvalue weighted by molar-refractivity contribution is 9.10. The highest BCUT2D eigenvalue weighted by atomic mass is 79.9. The van der Waals surface area contributed by atoms with Crippen molar-refractivity contribution in [2.45, 2.75) is 27.3 Å². The molecule has 3 aromatic carbocycles. The molecule has 0 radical (unpaired) electrons. The zero-order valence-electron chi connectivity index (χ0n) is 18.2. The lowest BCUT2D eigenvalue weighted by Crippen LogP contribution is -2.19. The number of furan rings is 1. The lowest BCUT2D eigenvalue weighted by atomic mass is 10.0. The van der Waals surface area contributed by atoms with Crippen LogP contribution in [0.2, 0.25) is 0 Å². The summed E-state index contributed by atoms with van der Waals surface area (Å²) in [5.41, 5.74) is 6.39. The molecule has 0 aliphatic rings. The van der Waals surface area contributed by atoms with Crippen LogP contribution in [0.4, 0.5) is 11.6 Å². The molecule has 5 heteroatoms. The quantitative estimate of drug-likeness (QED) is 0.285. The van der Waals surface area contributed by atoms with E-state index in [1.165, 1.54) is 5.56 Å². The first-order chi connectivity index (χ1) is 15.5. The maximum absolute atomic E-state index is 13.7. The Labute approximate surface area is 194 Å². The number of aromatic nitrogens is 1. The van der Waals surface area contributed by atoms with Crippen molar-refractivity contribution in [1.29, 1.82) is 0 Å². The fourth-order valence-electron chi connectivity index (χ4n) is 4.37. The van der Waals surface area contributed by atoms with Crippen molar-refractivity contribution >= 4 is 49.4 Å². The van der Waals surface area contributed by atoms with Crippen LogP contribution in [0.15, 0.2) is 80.4 Å². The molecule has 4 nitrogen and oxygen atoms in total. The van der Waals surface area contributed by atoms with Gasteiger partial charge >= 0.3 is 0 Å². The Hall–Kier alpha value is -3.31. The standard InChI is InChI=1S/C27H23BrN2O2/c1-4-30-22-11-6-5-10-20(22)25-24(27(30)31)23(18-8-7-9-19(28)15-18)26(32-25)29-21-13-12-16(2)14-17(21)3/h5-15,29H,4H2,1-3H3. The number of benzene rings is 3. The van der Waals surface area contributed by atoms with Crippen molar-refractivity contribution in [1.82, 2.24) is 4.57 Å². The topological polar surface area (TPSA) is 47.2 Å². The molecule has 5 aromatic rings. The number of fused-ring (bicyclic) bond motifs is 3. The van der Waals surface area contributed by atoms with Crippen LogP contribution in [-0.4, -0.2) is 4.57 Å². The van der Waals surface area contributed by atoms with E-state index in [0.29, 0.717) is 23.4 Å². The summed E-state index contributed by atoms with van der Waals surface area (Å²) in [5.74, 6) is 0.571. The van der Waals surface area contributed by atoms with Gasteiger partial charge in [0.1, 0.15) is 0 Å². The van der Waals surface area contributed by atoms with Gasteiger partial charge in [-0.2, -0.15) is 0 Å². The van der Waals surface area contributed by atoms with Gasteiger partial charge in [-0.15, -0.1) is 0 Å². The zero-order valence-corrected chi connectivity index (χ0v) is 19.8. The van der Waals surface area contributed by atoms with E-state index in [2.05, 4.69) is 47.2 Å². The summed E-state index contributed by atoms with van der Waals surface area (Å²) in [5, 5.41) is 4.99. The zero-order chi connectivity index (χ0) is 22.4. The average molecular weight is 487 g/mol. The Morgan fingerprint density at radius 1 is 1.00 bits per heavy atom. The summed E-state index contributed by atoms with van der Waals surface area (Å²) in [7, 11) is 0. The van der Waals surface area contributed by atoms with Crippen LogP contribution in [0.25, 0.3) is 33.0 Å². The highest BCUT2D eigenvalue weighted by Crippen LogP contribution is 2.41. The summed E-state index contributed by atoms with van der Waals surface area (Å²) in [4.78, 5) is 13.7. The van der Waals surface area contributed by atoms with Crippen molar-refractivity contribution in [3.05, 3.63) is 92.7 Å². The van der Waals surface area contributed by atoms with Crippen LogP contribution >= 0.6 is 15.9 Å². The molecule has 2 heterocycles. The van der Waals surface area contributed by atoms with Crippen molar-refractivity contribution in [3.8, 4) is 11.1 Å². The van der Waals surface area contributed by atoms with Crippen LogP contribution < -0.4 is 10.9 Å². The van der Waals surface area contributed by atoms with E-state index in [-0.39, 0.29) is 5.56 Å². The smallest absolute Gasteiger partial charge is 0.262 e.